The third kappa shape index (κ3) is 2.89. The highest BCUT2D eigenvalue weighted by Gasteiger charge is 2.27. The molecule has 0 aromatic heterocycles. The Bertz CT molecular complexity index is 468. The topological polar surface area (TPSA) is 30.5 Å². The van der Waals surface area contributed by atoms with Crippen LogP contribution in [0.25, 0.3) is 0 Å². The number of halogens is 1. The minimum absolute atomic E-state index is 0.349. The molecule has 0 atom stereocenters. The van der Waals surface area contributed by atoms with Crippen LogP contribution in [0.5, 0.6) is 11.5 Å². The zero-order valence-corrected chi connectivity index (χ0v) is 13.5. The van der Waals surface area contributed by atoms with Crippen LogP contribution in [0.2, 0.25) is 5.02 Å². The first-order valence-electron chi connectivity index (χ1n) is 7.25. The van der Waals surface area contributed by atoms with Gasteiger partial charge in [-0.05, 0) is 43.3 Å². The van der Waals surface area contributed by atoms with Crippen molar-refractivity contribution in [1.29, 1.82) is 0 Å². The van der Waals surface area contributed by atoms with Crippen molar-refractivity contribution in [1.82, 2.24) is 5.32 Å². The molecule has 1 fully saturated rings. The van der Waals surface area contributed by atoms with Gasteiger partial charge in [0, 0.05) is 16.7 Å². The van der Waals surface area contributed by atoms with Gasteiger partial charge in [0.05, 0.1) is 14.2 Å². The predicted octanol–water partition coefficient (Wildman–Crippen LogP) is 3.95. The van der Waals surface area contributed by atoms with Gasteiger partial charge in [-0.1, -0.05) is 25.4 Å². The third-order valence-electron chi connectivity index (χ3n) is 4.02. The quantitative estimate of drug-likeness (QED) is 0.913. The van der Waals surface area contributed by atoms with E-state index in [-0.39, 0.29) is 0 Å². The molecular formula is C16H24ClNO2. The van der Waals surface area contributed by atoms with E-state index >= 15 is 0 Å². The molecule has 0 saturated carbocycles. The summed E-state index contributed by atoms with van der Waals surface area (Å²) in [5, 5.41) is 4.21. The smallest absolute Gasteiger partial charge is 0.164 e. The number of rotatable bonds is 4. The lowest BCUT2D eigenvalue weighted by Crippen LogP contribution is -2.27. The maximum atomic E-state index is 6.56. The SMILES string of the molecule is COc1cc(Cl)c(C2CCNCC2)c(C(C)C)c1OC. The fraction of sp³-hybridized carbons (Fsp3) is 0.625. The van der Waals surface area contributed by atoms with E-state index in [9.17, 15) is 0 Å². The van der Waals surface area contributed by atoms with Crippen LogP contribution in [0.4, 0.5) is 0 Å². The van der Waals surface area contributed by atoms with Crippen molar-refractivity contribution in [2.45, 2.75) is 38.5 Å². The van der Waals surface area contributed by atoms with Gasteiger partial charge in [-0.2, -0.15) is 0 Å². The lowest BCUT2D eigenvalue weighted by atomic mass is 9.83. The summed E-state index contributed by atoms with van der Waals surface area (Å²) < 4.78 is 11.0. The van der Waals surface area contributed by atoms with E-state index in [1.54, 1.807) is 14.2 Å². The molecular weight excluding hydrogens is 274 g/mol. The van der Waals surface area contributed by atoms with E-state index < -0.39 is 0 Å². The molecule has 0 radical (unpaired) electrons. The molecule has 1 heterocycles. The second-order valence-corrected chi connectivity index (χ2v) is 6.01. The largest absolute Gasteiger partial charge is 0.493 e. The molecule has 1 aliphatic heterocycles. The standard InChI is InChI=1S/C16H24ClNO2/c1-10(2)14-15(11-5-7-18-8-6-11)12(17)9-13(19-3)16(14)20-4/h9-11,18H,5-8H2,1-4H3. The predicted molar refractivity (Wildman–Crippen MR) is 83.5 cm³/mol. The molecule has 1 aromatic carbocycles. The monoisotopic (exact) mass is 297 g/mol. The summed E-state index contributed by atoms with van der Waals surface area (Å²) in [6.45, 7) is 6.45. The van der Waals surface area contributed by atoms with E-state index in [0.29, 0.717) is 11.8 Å². The van der Waals surface area contributed by atoms with Gasteiger partial charge in [0.25, 0.3) is 0 Å². The Morgan fingerprint density at radius 2 is 1.85 bits per heavy atom. The van der Waals surface area contributed by atoms with E-state index in [2.05, 4.69) is 19.2 Å². The van der Waals surface area contributed by atoms with Gasteiger partial charge < -0.3 is 14.8 Å². The van der Waals surface area contributed by atoms with Crippen LogP contribution in [0, 0.1) is 0 Å². The van der Waals surface area contributed by atoms with Crippen LogP contribution in [-0.2, 0) is 0 Å². The van der Waals surface area contributed by atoms with Crippen molar-refractivity contribution >= 4 is 11.6 Å². The maximum absolute atomic E-state index is 6.56. The number of hydrogen-bond donors (Lipinski definition) is 1. The van der Waals surface area contributed by atoms with Gasteiger partial charge in [0.15, 0.2) is 11.5 Å². The molecule has 0 bridgehead atoms. The van der Waals surface area contributed by atoms with Crippen LogP contribution in [0.15, 0.2) is 6.07 Å². The van der Waals surface area contributed by atoms with Crippen molar-refractivity contribution in [2.24, 2.45) is 0 Å². The van der Waals surface area contributed by atoms with E-state index in [0.717, 1.165) is 42.5 Å². The molecule has 0 spiro atoms. The first-order valence-corrected chi connectivity index (χ1v) is 7.62. The Morgan fingerprint density at radius 1 is 1.20 bits per heavy atom. The van der Waals surface area contributed by atoms with Gasteiger partial charge in [-0.15, -0.1) is 0 Å². The molecule has 1 aliphatic rings. The van der Waals surface area contributed by atoms with Gasteiger partial charge >= 0.3 is 0 Å². The van der Waals surface area contributed by atoms with Crippen LogP contribution in [0.1, 0.15) is 49.7 Å². The van der Waals surface area contributed by atoms with Crippen molar-refractivity contribution in [3.05, 3.63) is 22.2 Å². The van der Waals surface area contributed by atoms with E-state index in [1.807, 2.05) is 6.07 Å². The highest BCUT2D eigenvalue weighted by molar-refractivity contribution is 6.31. The molecule has 2 rings (SSSR count). The normalized spacial score (nSPS) is 16.5. The van der Waals surface area contributed by atoms with E-state index in [4.69, 9.17) is 21.1 Å². The zero-order valence-electron chi connectivity index (χ0n) is 12.8. The molecule has 0 aliphatic carbocycles. The number of hydrogen-bond acceptors (Lipinski definition) is 3. The van der Waals surface area contributed by atoms with Crippen molar-refractivity contribution in [3.8, 4) is 11.5 Å². The molecule has 3 nitrogen and oxygen atoms in total. The van der Waals surface area contributed by atoms with Crippen LogP contribution < -0.4 is 14.8 Å². The zero-order chi connectivity index (χ0) is 14.7. The number of nitrogens with one attached hydrogen (secondary N) is 1. The molecule has 1 saturated heterocycles. The summed E-state index contributed by atoms with van der Waals surface area (Å²) in [6, 6.07) is 1.89. The molecule has 112 valence electrons. The molecule has 0 amide bonds. The summed E-state index contributed by atoms with van der Waals surface area (Å²) in [4.78, 5) is 0. The fourth-order valence-corrected chi connectivity index (χ4v) is 3.46. The van der Waals surface area contributed by atoms with Crippen LogP contribution in [0.3, 0.4) is 0 Å². The van der Waals surface area contributed by atoms with Gasteiger partial charge in [0.2, 0.25) is 0 Å². The fourth-order valence-electron chi connectivity index (χ4n) is 3.10. The molecule has 4 heteroatoms. The first-order chi connectivity index (χ1) is 9.60. The maximum Gasteiger partial charge on any atom is 0.164 e. The summed E-state index contributed by atoms with van der Waals surface area (Å²) >= 11 is 6.56. The summed E-state index contributed by atoms with van der Waals surface area (Å²) in [6.07, 6.45) is 2.24. The highest BCUT2D eigenvalue weighted by atomic mass is 35.5. The first kappa shape index (κ1) is 15.5. The molecule has 20 heavy (non-hydrogen) atoms. The number of piperidine rings is 1. The minimum Gasteiger partial charge on any atom is -0.493 e. The number of ether oxygens (including phenoxy) is 2. The Hall–Kier alpha value is -0.930. The second kappa shape index (κ2) is 6.68. The molecule has 0 unspecified atom stereocenters. The van der Waals surface area contributed by atoms with Gasteiger partial charge in [0.1, 0.15) is 0 Å². The average Bonchev–Trinajstić information content (AvgIpc) is 2.46. The van der Waals surface area contributed by atoms with Crippen molar-refractivity contribution in [3.63, 3.8) is 0 Å². The number of benzene rings is 1. The Kier molecular flexibility index (Phi) is 5.17. The average molecular weight is 298 g/mol. The van der Waals surface area contributed by atoms with Crippen molar-refractivity contribution < 1.29 is 9.47 Å². The second-order valence-electron chi connectivity index (χ2n) is 5.60. The lowest BCUT2D eigenvalue weighted by molar-refractivity contribution is 0.348. The minimum atomic E-state index is 0.349. The summed E-state index contributed by atoms with van der Waals surface area (Å²) in [7, 11) is 3.35. The highest BCUT2D eigenvalue weighted by Crippen LogP contribution is 2.46. The van der Waals surface area contributed by atoms with E-state index in [1.165, 1.54) is 11.1 Å². The molecule has 1 aromatic rings. The Balaban J connectivity index is 2.58. The summed E-state index contributed by atoms with van der Waals surface area (Å²) in [5.74, 6) is 2.41. The Morgan fingerprint density at radius 3 is 2.35 bits per heavy atom. The number of methoxy groups -OCH3 is 2. The third-order valence-corrected chi connectivity index (χ3v) is 4.34. The van der Waals surface area contributed by atoms with Crippen LogP contribution in [-0.4, -0.2) is 27.3 Å². The Labute approximate surface area is 126 Å². The summed E-state index contributed by atoms with van der Waals surface area (Å²) in [5.41, 5.74) is 2.45. The van der Waals surface area contributed by atoms with Gasteiger partial charge in [-0.25, -0.2) is 0 Å². The van der Waals surface area contributed by atoms with Crippen molar-refractivity contribution in [2.75, 3.05) is 27.3 Å². The molecule has 1 N–H and O–H groups in total. The van der Waals surface area contributed by atoms with Gasteiger partial charge in [-0.3, -0.25) is 0 Å². The lowest BCUT2D eigenvalue weighted by Gasteiger charge is -2.29. The van der Waals surface area contributed by atoms with Crippen LogP contribution >= 0.6 is 11.6 Å².